The molecule has 1 N–H and O–H groups in total. The summed E-state index contributed by atoms with van der Waals surface area (Å²) in [5.41, 5.74) is 2.34. The van der Waals surface area contributed by atoms with E-state index in [9.17, 15) is 18.8 Å². The Labute approximate surface area is 205 Å². The van der Waals surface area contributed by atoms with Gasteiger partial charge >= 0.3 is 11.9 Å². The molecule has 0 atom stereocenters. The van der Waals surface area contributed by atoms with Crippen molar-refractivity contribution in [2.75, 3.05) is 14.2 Å². The molecule has 0 aliphatic heterocycles. The number of halogens is 1. The van der Waals surface area contributed by atoms with Crippen molar-refractivity contribution in [1.29, 1.82) is 0 Å². The van der Waals surface area contributed by atoms with Gasteiger partial charge in [0, 0.05) is 5.56 Å². The van der Waals surface area contributed by atoms with Crippen LogP contribution in [0.4, 0.5) is 10.1 Å². The Balaban J connectivity index is 1.91. The number of H-pyrrole nitrogens is 1. The number of ether oxygens (including phenoxy) is 2. The zero-order valence-electron chi connectivity index (χ0n) is 19.7. The summed E-state index contributed by atoms with van der Waals surface area (Å²) < 4.78 is 24.3. The largest absolute Gasteiger partial charge is 0.465 e. The first kappa shape index (κ1) is 24.3. The molecule has 0 bridgehead atoms. The van der Waals surface area contributed by atoms with Crippen molar-refractivity contribution in [3.8, 4) is 16.9 Å². The molecule has 1 aromatic heterocycles. The van der Waals surface area contributed by atoms with Gasteiger partial charge in [0.15, 0.2) is 0 Å². The van der Waals surface area contributed by atoms with E-state index in [1.54, 1.807) is 6.92 Å². The van der Waals surface area contributed by atoms with Crippen molar-refractivity contribution < 1.29 is 23.5 Å². The number of carbonyl (C=O) groups is 2. The lowest BCUT2D eigenvalue weighted by Crippen LogP contribution is -2.19. The Morgan fingerprint density at radius 3 is 2.03 bits per heavy atom. The number of benzene rings is 3. The van der Waals surface area contributed by atoms with Crippen LogP contribution in [-0.2, 0) is 9.47 Å². The molecular formula is C27H22FN3O5. The molecule has 0 radical (unpaired) electrons. The number of nitrogens with zero attached hydrogens (tertiary/aromatic N) is 2. The molecular weight excluding hydrogens is 465 g/mol. The molecule has 182 valence electrons. The van der Waals surface area contributed by atoms with Gasteiger partial charge in [-0.2, -0.15) is 0 Å². The zero-order chi connectivity index (χ0) is 25.8. The lowest BCUT2D eigenvalue weighted by Gasteiger charge is -2.07. The molecule has 0 fully saturated rings. The smallest absolute Gasteiger partial charge is 0.337 e. The van der Waals surface area contributed by atoms with Gasteiger partial charge in [-0.3, -0.25) is 14.9 Å². The van der Waals surface area contributed by atoms with E-state index in [1.807, 2.05) is 30.3 Å². The Kier molecular flexibility index (Phi) is 6.91. The van der Waals surface area contributed by atoms with Gasteiger partial charge in [-0.05, 0) is 49.4 Å². The highest BCUT2D eigenvalue weighted by Crippen LogP contribution is 2.25. The second-order valence-electron chi connectivity index (χ2n) is 7.79. The Bertz CT molecular complexity index is 1490. The maximum atomic E-state index is 13.5. The molecule has 8 nitrogen and oxygen atoms in total. The van der Waals surface area contributed by atoms with Gasteiger partial charge in [0.05, 0.1) is 53.7 Å². The summed E-state index contributed by atoms with van der Waals surface area (Å²) in [5.74, 6) is -1.73. The zero-order valence-corrected chi connectivity index (χ0v) is 19.7. The van der Waals surface area contributed by atoms with E-state index in [0.29, 0.717) is 17.1 Å². The van der Waals surface area contributed by atoms with E-state index >= 15 is 0 Å². The van der Waals surface area contributed by atoms with Gasteiger partial charge in [-0.15, -0.1) is 0 Å². The first-order chi connectivity index (χ1) is 17.3. The highest BCUT2D eigenvalue weighted by Gasteiger charge is 2.20. The van der Waals surface area contributed by atoms with Gasteiger partial charge in [-0.25, -0.2) is 18.7 Å². The molecule has 4 aromatic rings. The maximum absolute atomic E-state index is 13.5. The summed E-state index contributed by atoms with van der Waals surface area (Å²) in [7, 11) is 2.45. The number of esters is 2. The Morgan fingerprint density at radius 1 is 0.889 bits per heavy atom. The summed E-state index contributed by atoms with van der Waals surface area (Å²) in [6.07, 6.45) is 0. The predicted molar refractivity (Wildman–Crippen MR) is 133 cm³/mol. The van der Waals surface area contributed by atoms with Crippen LogP contribution in [0, 0.1) is 5.82 Å². The second kappa shape index (κ2) is 10.2. The van der Waals surface area contributed by atoms with Gasteiger partial charge < -0.3 is 9.47 Å². The molecule has 0 saturated carbocycles. The van der Waals surface area contributed by atoms with E-state index in [4.69, 9.17) is 9.47 Å². The van der Waals surface area contributed by atoms with Crippen LogP contribution < -0.4 is 5.56 Å². The fraction of sp³-hybridized carbons (Fsp3) is 0.111. The molecule has 0 aliphatic rings. The number of aromatic amines is 1. The normalized spacial score (nSPS) is 11.3. The van der Waals surface area contributed by atoms with Crippen LogP contribution in [0.3, 0.4) is 0 Å². The van der Waals surface area contributed by atoms with Crippen LogP contribution in [0.5, 0.6) is 0 Å². The van der Waals surface area contributed by atoms with Crippen LogP contribution >= 0.6 is 0 Å². The summed E-state index contributed by atoms with van der Waals surface area (Å²) in [6.45, 7) is 1.65. The number of rotatable bonds is 6. The van der Waals surface area contributed by atoms with Crippen LogP contribution in [0.15, 0.2) is 82.6 Å². The molecule has 9 heteroatoms. The standard InChI is InChI=1S/C27H22FN3O5/c1-16(29-21-14-18(26(33)35-2)13-19(15-21)27(34)36-3)23-24(17-7-5-4-6-8-17)30-31(25(23)32)22-11-9-20(28)10-12-22/h4-15,30H,1-3H3. The fourth-order valence-electron chi connectivity index (χ4n) is 3.76. The molecule has 4 rings (SSSR count). The van der Waals surface area contributed by atoms with Gasteiger partial charge in [0.1, 0.15) is 5.82 Å². The molecule has 0 spiro atoms. The van der Waals surface area contributed by atoms with Crippen LogP contribution in [0.25, 0.3) is 16.9 Å². The van der Waals surface area contributed by atoms with Crippen LogP contribution in [0.2, 0.25) is 0 Å². The fourth-order valence-corrected chi connectivity index (χ4v) is 3.76. The van der Waals surface area contributed by atoms with E-state index in [0.717, 1.165) is 5.56 Å². The van der Waals surface area contributed by atoms with E-state index in [2.05, 4.69) is 10.1 Å². The minimum Gasteiger partial charge on any atom is -0.465 e. The lowest BCUT2D eigenvalue weighted by atomic mass is 10.0. The van der Waals surface area contributed by atoms with E-state index in [1.165, 1.54) is 61.4 Å². The number of aromatic nitrogens is 2. The molecule has 36 heavy (non-hydrogen) atoms. The van der Waals surface area contributed by atoms with E-state index in [-0.39, 0.29) is 22.4 Å². The molecule has 0 aliphatic carbocycles. The van der Waals surface area contributed by atoms with Crippen molar-refractivity contribution >= 4 is 23.3 Å². The van der Waals surface area contributed by atoms with Gasteiger partial charge in [-0.1, -0.05) is 30.3 Å². The predicted octanol–water partition coefficient (Wildman–Crippen LogP) is 4.69. The third kappa shape index (κ3) is 4.85. The van der Waals surface area contributed by atoms with Crippen molar-refractivity contribution in [2.24, 2.45) is 4.99 Å². The lowest BCUT2D eigenvalue weighted by molar-refractivity contribution is 0.0599. The molecule has 0 amide bonds. The van der Waals surface area contributed by atoms with Crippen molar-refractivity contribution in [3.63, 3.8) is 0 Å². The quantitative estimate of drug-likeness (QED) is 0.314. The van der Waals surface area contributed by atoms with Gasteiger partial charge in [0.25, 0.3) is 5.56 Å². The van der Waals surface area contributed by atoms with Crippen LogP contribution in [0.1, 0.15) is 33.2 Å². The number of nitrogens with one attached hydrogen (secondary N) is 1. The average Bonchev–Trinajstić information content (AvgIpc) is 3.25. The highest BCUT2D eigenvalue weighted by atomic mass is 19.1. The third-order valence-electron chi connectivity index (χ3n) is 5.46. The Morgan fingerprint density at radius 2 is 1.47 bits per heavy atom. The number of aliphatic imine (C=N–C) groups is 1. The summed E-state index contributed by atoms with van der Waals surface area (Å²) in [5, 5.41) is 3.10. The number of methoxy groups -OCH3 is 2. The molecule has 0 saturated heterocycles. The topological polar surface area (TPSA) is 103 Å². The molecule has 0 unspecified atom stereocenters. The van der Waals surface area contributed by atoms with Crippen molar-refractivity contribution in [1.82, 2.24) is 9.78 Å². The summed E-state index contributed by atoms with van der Waals surface area (Å²) >= 11 is 0. The second-order valence-corrected chi connectivity index (χ2v) is 7.79. The maximum Gasteiger partial charge on any atom is 0.337 e. The average molecular weight is 487 g/mol. The first-order valence-electron chi connectivity index (χ1n) is 10.9. The number of hydrogen-bond donors (Lipinski definition) is 1. The summed E-state index contributed by atoms with van der Waals surface area (Å²) in [4.78, 5) is 42.4. The minimum absolute atomic E-state index is 0.105. The van der Waals surface area contributed by atoms with Crippen LogP contribution in [-0.4, -0.2) is 41.7 Å². The van der Waals surface area contributed by atoms with Crippen molar-refractivity contribution in [3.05, 3.63) is 106 Å². The monoisotopic (exact) mass is 487 g/mol. The van der Waals surface area contributed by atoms with Gasteiger partial charge in [0.2, 0.25) is 0 Å². The molecule has 3 aromatic carbocycles. The van der Waals surface area contributed by atoms with E-state index < -0.39 is 23.3 Å². The summed E-state index contributed by atoms with van der Waals surface area (Å²) in [6, 6.07) is 18.9. The SMILES string of the molecule is COC(=O)c1cc(N=C(C)c2c(-c3ccccc3)[nH]n(-c3ccc(F)cc3)c2=O)cc(C(=O)OC)c1. The highest BCUT2D eigenvalue weighted by molar-refractivity contribution is 6.05. The first-order valence-corrected chi connectivity index (χ1v) is 10.9. The molecule has 1 heterocycles. The minimum atomic E-state index is -0.653. The Hall–Kier alpha value is -4.79. The number of hydrogen-bond acceptors (Lipinski definition) is 6. The number of carbonyl (C=O) groups excluding carboxylic acids is 2. The third-order valence-corrected chi connectivity index (χ3v) is 5.46. The van der Waals surface area contributed by atoms with Crippen molar-refractivity contribution in [2.45, 2.75) is 6.92 Å².